The first-order valence-corrected chi connectivity index (χ1v) is 9.88. The van der Waals surface area contributed by atoms with E-state index in [1.165, 1.54) is 16.7 Å². The number of benzene rings is 1. The zero-order chi connectivity index (χ0) is 16.4. The van der Waals surface area contributed by atoms with Gasteiger partial charge < -0.3 is 10.2 Å². The van der Waals surface area contributed by atoms with Gasteiger partial charge in [-0.15, -0.1) is 0 Å². The fourth-order valence-corrected chi connectivity index (χ4v) is 4.67. The average molecular weight is 344 g/mol. The molecule has 1 saturated heterocycles. The van der Waals surface area contributed by atoms with E-state index in [-0.39, 0.29) is 11.9 Å². The second-order valence-electron chi connectivity index (χ2n) is 6.65. The Labute approximate surface area is 147 Å². The van der Waals surface area contributed by atoms with Crippen molar-refractivity contribution in [2.24, 2.45) is 5.10 Å². The fraction of sp³-hybridized carbons (Fsp3) is 0.556. The highest BCUT2D eigenvalue weighted by atomic mass is 32.2. The maximum Gasteiger partial charge on any atom is 0.236 e. The van der Waals surface area contributed by atoms with Crippen LogP contribution in [0.3, 0.4) is 0 Å². The summed E-state index contributed by atoms with van der Waals surface area (Å²) >= 11 is 1.76. The Morgan fingerprint density at radius 2 is 2.21 bits per heavy atom. The number of nitrogens with zero attached hydrogens (tertiary/aromatic N) is 2. The summed E-state index contributed by atoms with van der Waals surface area (Å²) in [6.07, 6.45) is 5.65. The van der Waals surface area contributed by atoms with Crippen molar-refractivity contribution >= 4 is 22.7 Å². The van der Waals surface area contributed by atoms with Crippen LogP contribution in [0.15, 0.2) is 23.3 Å². The van der Waals surface area contributed by atoms with Crippen molar-refractivity contribution in [2.75, 3.05) is 25.5 Å². The first kappa shape index (κ1) is 16.0. The van der Waals surface area contributed by atoms with Crippen molar-refractivity contribution in [1.29, 1.82) is 0 Å². The van der Waals surface area contributed by atoms with Crippen molar-refractivity contribution in [1.82, 2.24) is 15.6 Å². The van der Waals surface area contributed by atoms with Gasteiger partial charge >= 0.3 is 0 Å². The van der Waals surface area contributed by atoms with Crippen LogP contribution < -0.4 is 10.7 Å². The lowest BCUT2D eigenvalue weighted by atomic mass is 9.85. The third-order valence-corrected chi connectivity index (χ3v) is 6.01. The minimum Gasteiger partial charge on any atom is -0.342 e. The molecule has 1 fully saturated rings. The van der Waals surface area contributed by atoms with E-state index < -0.39 is 0 Å². The fourth-order valence-electron chi connectivity index (χ4n) is 3.92. The Balaban J connectivity index is 1.49. The van der Waals surface area contributed by atoms with Gasteiger partial charge in [0.15, 0.2) is 0 Å². The number of thioether (sulfide) groups is 1. The molecule has 0 spiro atoms. The van der Waals surface area contributed by atoms with Crippen molar-refractivity contribution in [3.8, 4) is 0 Å². The molecular formula is C18H24N4OS. The number of nitrogens with one attached hydrogen (secondary N) is 2. The second kappa shape index (κ2) is 7.15. The topological polar surface area (TPSA) is 56.7 Å². The van der Waals surface area contributed by atoms with Gasteiger partial charge in [-0.3, -0.25) is 10.2 Å². The van der Waals surface area contributed by atoms with Crippen molar-refractivity contribution in [3.63, 3.8) is 0 Å². The molecule has 4 rings (SSSR count). The van der Waals surface area contributed by atoms with Crippen LogP contribution in [-0.2, 0) is 11.2 Å². The normalized spacial score (nSPS) is 22.9. The molecule has 2 aliphatic heterocycles. The lowest BCUT2D eigenvalue weighted by Gasteiger charge is -2.28. The lowest BCUT2D eigenvalue weighted by molar-refractivity contribution is -0.129. The molecule has 24 heavy (non-hydrogen) atoms. The molecule has 1 aliphatic carbocycles. The summed E-state index contributed by atoms with van der Waals surface area (Å²) in [5.74, 6) is 1.10. The van der Waals surface area contributed by atoms with Crippen molar-refractivity contribution in [2.45, 2.75) is 38.1 Å². The SMILES string of the molecule is O=C(CNC1CCCc2c(C3=NNCS3)cccc21)N1CCCC1. The van der Waals surface area contributed by atoms with Gasteiger partial charge in [-0.1, -0.05) is 30.0 Å². The number of hydrogen-bond donors (Lipinski definition) is 2. The minimum atomic E-state index is 0.246. The van der Waals surface area contributed by atoms with Gasteiger partial charge in [0.1, 0.15) is 5.04 Å². The van der Waals surface area contributed by atoms with E-state index in [0.717, 1.165) is 56.1 Å². The Morgan fingerprint density at radius 1 is 1.33 bits per heavy atom. The van der Waals surface area contributed by atoms with Crippen molar-refractivity contribution in [3.05, 3.63) is 34.9 Å². The Kier molecular flexibility index (Phi) is 4.76. The standard InChI is InChI=1S/C18H24N4OS/c23-17(22-9-1-2-10-22)11-19-16-8-4-5-13-14(16)6-3-7-15(13)18-21-20-12-24-18/h3,6-7,16,19-20H,1-2,4-5,8-12H2. The maximum absolute atomic E-state index is 12.3. The Bertz CT molecular complexity index is 654. The highest BCUT2D eigenvalue weighted by Gasteiger charge is 2.26. The maximum atomic E-state index is 12.3. The largest absolute Gasteiger partial charge is 0.342 e. The summed E-state index contributed by atoms with van der Waals surface area (Å²) in [5.41, 5.74) is 7.07. The lowest BCUT2D eigenvalue weighted by Crippen LogP contribution is -2.38. The monoisotopic (exact) mass is 344 g/mol. The molecule has 0 aromatic heterocycles. The quantitative estimate of drug-likeness (QED) is 0.879. The molecule has 1 amide bonds. The molecule has 2 N–H and O–H groups in total. The summed E-state index contributed by atoms with van der Waals surface area (Å²) in [5, 5.41) is 9.03. The van der Waals surface area contributed by atoms with Crippen LogP contribution in [0, 0.1) is 0 Å². The minimum absolute atomic E-state index is 0.246. The van der Waals surface area contributed by atoms with E-state index in [1.54, 1.807) is 11.8 Å². The first-order chi connectivity index (χ1) is 11.8. The van der Waals surface area contributed by atoms with Crippen LogP contribution in [0.1, 0.15) is 48.4 Å². The first-order valence-electron chi connectivity index (χ1n) is 8.89. The van der Waals surface area contributed by atoms with Crippen molar-refractivity contribution < 1.29 is 4.79 Å². The van der Waals surface area contributed by atoms with Gasteiger partial charge in [0.2, 0.25) is 5.91 Å². The molecule has 1 aromatic carbocycles. The number of hydrazone groups is 1. The van der Waals surface area contributed by atoms with Gasteiger partial charge in [0, 0.05) is 24.7 Å². The molecule has 1 unspecified atom stereocenters. The number of carbonyl (C=O) groups is 1. The van der Waals surface area contributed by atoms with Gasteiger partial charge in [0.25, 0.3) is 0 Å². The van der Waals surface area contributed by atoms with Gasteiger partial charge in [-0.2, -0.15) is 5.10 Å². The molecule has 0 radical (unpaired) electrons. The van der Waals surface area contributed by atoms with E-state index in [1.807, 2.05) is 4.90 Å². The van der Waals surface area contributed by atoms with E-state index in [9.17, 15) is 4.79 Å². The number of hydrogen-bond acceptors (Lipinski definition) is 5. The summed E-state index contributed by atoms with van der Waals surface area (Å²) in [6.45, 7) is 2.30. The van der Waals surface area contributed by atoms with Crippen LogP contribution in [0.4, 0.5) is 0 Å². The molecule has 1 atom stereocenters. The zero-order valence-corrected chi connectivity index (χ0v) is 14.7. The molecule has 0 bridgehead atoms. The molecule has 3 aliphatic rings. The van der Waals surface area contributed by atoms with Gasteiger partial charge in [-0.05, 0) is 43.2 Å². The van der Waals surface area contributed by atoms with E-state index >= 15 is 0 Å². The second-order valence-corrected chi connectivity index (χ2v) is 7.61. The summed E-state index contributed by atoms with van der Waals surface area (Å²) < 4.78 is 0. The van der Waals surface area contributed by atoms with E-state index in [0.29, 0.717) is 6.54 Å². The summed E-state index contributed by atoms with van der Waals surface area (Å²) in [4.78, 5) is 14.3. The molecule has 2 heterocycles. The predicted molar refractivity (Wildman–Crippen MR) is 98.1 cm³/mol. The molecule has 6 heteroatoms. The molecule has 0 saturated carbocycles. The van der Waals surface area contributed by atoms with E-state index in [2.05, 4.69) is 34.0 Å². The number of likely N-dealkylation sites (tertiary alicyclic amines) is 1. The van der Waals surface area contributed by atoms with Crippen LogP contribution in [0.5, 0.6) is 0 Å². The van der Waals surface area contributed by atoms with Crippen LogP contribution in [0.2, 0.25) is 0 Å². The van der Waals surface area contributed by atoms with Crippen LogP contribution >= 0.6 is 11.8 Å². The number of fused-ring (bicyclic) bond motifs is 1. The zero-order valence-electron chi connectivity index (χ0n) is 13.9. The highest BCUT2D eigenvalue weighted by Crippen LogP contribution is 2.34. The van der Waals surface area contributed by atoms with Gasteiger partial charge in [-0.25, -0.2) is 0 Å². The smallest absolute Gasteiger partial charge is 0.236 e. The number of rotatable bonds is 4. The number of amides is 1. The third-order valence-electron chi connectivity index (χ3n) is 5.15. The van der Waals surface area contributed by atoms with Crippen LogP contribution in [0.25, 0.3) is 0 Å². The predicted octanol–water partition coefficient (Wildman–Crippen LogP) is 2.23. The summed E-state index contributed by atoms with van der Waals surface area (Å²) in [7, 11) is 0. The Morgan fingerprint density at radius 3 is 3.00 bits per heavy atom. The highest BCUT2D eigenvalue weighted by molar-refractivity contribution is 8.14. The van der Waals surface area contributed by atoms with Crippen LogP contribution in [-0.4, -0.2) is 41.4 Å². The molecule has 128 valence electrons. The number of carbonyl (C=O) groups excluding carboxylic acids is 1. The molecule has 1 aromatic rings. The molecular weight excluding hydrogens is 320 g/mol. The van der Waals surface area contributed by atoms with Gasteiger partial charge in [0.05, 0.1) is 12.4 Å². The summed E-state index contributed by atoms with van der Waals surface area (Å²) in [6, 6.07) is 6.79. The Hall–Kier alpha value is -1.53. The average Bonchev–Trinajstić information content (AvgIpc) is 3.32. The van der Waals surface area contributed by atoms with E-state index in [4.69, 9.17) is 0 Å². The third kappa shape index (κ3) is 3.17. The molecule has 5 nitrogen and oxygen atoms in total.